The summed E-state index contributed by atoms with van der Waals surface area (Å²) in [5, 5.41) is 13.2. The fourth-order valence-corrected chi connectivity index (χ4v) is 4.66. The maximum atomic E-state index is 13.2. The molecular formula is C22H21N3O4S2. The monoisotopic (exact) mass is 455 g/mol. The fourth-order valence-electron chi connectivity index (χ4n) is 2.76. The molecule has 0 spiro atoms. The van der Waals surface area contributed by atoms with Gasteiger partial charge in [-0.15, -0.1) is 11.3 Å². The van der Waals surface area contributed by atoms with E-state index in [0.717, 1.165) is 15.6 Å². The van der Waals surface area contributed by atoms with Crippen molar-refractivity contribution in [3.05, 3.63) is 87.4 Å². The number of nitro benzene ring substituents is 1. The average Bonchev–Trinajstić information content (AvgIpc) is 3.17. The molecule has 2 aromatic carbocycles. The van der Waals surface area contributed by atoms with E-state index in [1.807, 2.05) is 36.6 Å². The number of carbonyl (C=O) groups excluding carboxylic acids is 1. The number of nitro groups is 1. The van der Waals surface area contributed by atoms with Crippen LogP contribution in [0.25, 0.3) is 0 Å². The lowest BCUT2D eigenvalue weighted by molar-refractivity contribution is -0.384. The van der Waals surface area contributed by atoms with Crippen molar-refractivity contribution in [1.82, 2.24) is 9.88 Å². The molecule has 7 nitrogen and oxygen atoms in total. The van der Waals surface area contributed by atoms with Crippen LogP contribution in [0.2, 0.25) is 0 Å². The van der Waals surface area contributed by atoms with Gasteiger partial charge in [-0.2, -0.15) is 0 Å². The molecule has 1 aromatic heterocycles. The molecule has 160 valence electrons. The number of hydrogen-bond donors (Lipinski definition) is 0. The molecule has 0 N–H and O–H groups in total. The fraction of sp³-hybridized carbons (Fsp3) is 0.182. The molecule has 0 aliphatic heterocycles. The first-order valence-corrected chi connectivity index (χ1v) is 11.0. The summed E-state index contributed by atoms with van der Waals surface area (Å²) in [6.45, 7) is 6.28. The highest BCUT2D eigenvalue weighted by atomic mass is 32.2. The molecule has 0 radical (unpaired) electrons. The highest BCUT2D eigenvalue weighted by molar-refractivity contribution is 8.01. The molecule has 0 aliphatic carbocycles. The molecule has 0 unspecified atom stereocenters. The Morgan fingerprint density at radius 1 is 1.32 bits per heavy atom. The number of non-ortho nitro benzene ring substituents is 1. The number of nitrogens with zero attached hydrogens (tertiary/aromatic N) is 3. The van der Waals surface area contributed by atoms with Gasteiger partial charge in [0.1, 0.15) is 12.4 Å². The van der Waals surface area contributed by atoms with E-state index in [1.54, 1.807) is 19.2 Å². The Morgan fingerprint density at radius 2 is 2.06 bits per heavy atom. The number of benzene rings is 2. The number of thiazole rings is 1. The van der Waals surface area contributed by atoms with E-state index in [1.165, 1.54) is 40.1 Å². The lowest BCUT2D eigenvalue weighted by atomic mass is 10.1. The number of aryl methyl sites for hydroxylation is 1. The Balaban J connectivity index is 1.81. The van der Waals surface area contributed by atoms with Crippen LogP contribution in [0.4, 0.5) is 5.69 Å². The molecule has 0 bridgehead atoms. The Hall–Kier alpha value is -3.17. The second kappa shape index (κ2) is 10.2. The molecule has 3 rings (SSSR count). The summed E-state index contributed by atoms with van der Waals surface area (Å²) in [5.41, 5.74) is 1.96. The summed E-state index contributed by atoms with van der Waals surface area (Å²) < 4.78 is 6.25. The van der Waals surface area contributed by atoms with E-state index in [4.69, 9.17) is 4.74 Å². The topological polar surface area (TPSA) is 85.6 Å². The smallest absolute Gasteiger partial charge is 0.270 e. The summed E-state index contributed by atoms with van der Waals surface area (Å²) in [6, 6.07) is 11.8. The van der Waals surface area contributed by atoms with Crippen LogP contribution in [0, 0.1) is 17.0 Å². The number of amides is 1. The predicted octanol–water partition coefficient (Wildman–Crippen LogP) is 5.35. The van der Waals surface area contributed by atoms with Gasteiger partial charge in [-0.1, -0.05) is 36.5 Å². The molecule has 0 saturated carbocycles. The quantitative estimate of drug-likeness (QED) is 0.246. The lowest BCUT2D eigenvalue weighted by Gasteiger charge is -2.19. The van der Waals surface area contributed by atoms with Gasteiger partial charge in [0.15, 0.2) is 4.34 Å². The second-order valence-electron chi connectivity index (χ2n) is 6.70. The molecule has 0 aliphatic rings. The summed E-state index contributed by atoms with van der Waals surface area (Å²) in [7, 11) is 1.67. The van der Waals surface area contributed by atoms with Crippen molar-refractivity contribution >= 4 is 34.7 Å². The summed E-state index contributed by atoms with van der Waals surface area (Å²) >= 11 is 2.80. The first kappa shape index (κ1) is 22.5. The minimum Gasteiger partial charge on any atom is -0.490 e. The van der Waals surface area contributed by atoms with Gasteiger partial charge in [-0.3, -0.25) is 14.9 Å². The number of ether oxygens (including phenoxy) is 1. The molecule has 3 aromatic rings. The van der Waals surface area contributed by atoms with E-state index in [0.29, 0.717) is 23.8 Å². The van der Waals surface area contributed by atoms with E-state index in [2.05, 4.69) is 11.6 Å². The van der Waals surface area contributed by atoms with Crippen LogP contribution in [-0.2, 0) is 6.54 Å². The van der Waals surface area contributed by atoms with Gasteiger partial charge in [-0.25, -0.2) is 4.98 Å². The van der Waals surface area contributed by atoms with Crippen molar-refractivity contribution in [3.63, 3.8) is 0 Å². The minimum atomic E-state index is -0.499. The van der Waals surface area contributed by atoms with Crippen molar-refractivity contribution < 1.29 is 14.5 Å². The Labute approximate surface area is 188 Å². The number of rotatable bonds is 9. The van der Waals surface area contributed by atoms with Gasteiger partial charge in [-0.05, 0) is 30.7 Å². The average molecular weight is 456 g/mol. The highest BCUT2D eigenvalue weighted by Crippen LogP contribution is 2.35. The Bertz CT molecular complexity index is 1100. The van der Waals surface area contributed by atoms with Crippen LogP contribution in [0.3, 0.4) is 0 Å². The van der Waals surface area contributed by atoms with Crippen LogP contribution in [-0.4, -0.2) is 34.4 Å². The summed E-state index contributed by atoms with van der Waals surface area (Å²) in [4.78, 5) is 30.5. The van der Waals surface area contributed by atoms with Gasteiger partial charge >= 0.3 is 0 Å². The SMILES string of the molecule is C=CCOc1ccc(CN(C)C(=O)c2cc([N+](=O)[O-])ccc2Sc2nc(C)cs2)cc1. The number of carbonyl (C=O) groups is 1. The highest BCUT2D eigenvalue weighted by Gasteiger charge is 2.21. The molecule has 0 fully saturated rings. The second-order valence-corrected chi connectivity index (χ2v) is 8.85. The molecule has 0 atom stereocenters. The van der Waals surface area contributed by atoms with Crippen molar-refractivity contribution in [2.75, 3.05) is 13.7 Å². The number of hydrogen-bond acceptors (Lipinski definition) is 7. The Kier molecular flexibility index (Phi) is 7.43. The van der Waals surface area contributed by atoms with Gasteiger partial charge in [0.2, 0.25) is 0 Å². The standard InChI is InChI=1S/C22H21N3O4S2/c1-4-11-29-18-8-5-16(6-9-18)13-24(3)21(26)19-12-17(25(27)28)7-10-20(19)31-22-23-15(2)14-30-22/h4-10,12,14H,1,11,13H2,2-3H3. The zero-order chi connectivity index (χ0) is 22.4. The van der Waals surface area contributed by atoms with Crippen molar-refractivity contribution in [1.29, 1.82) is 0 Å². The molecule has 1 amide bonds. The zero-order valence-corrected chi connectivity index (χ0v) is 18.7. The third kappa shape index (κ3) is 5.93. The number of aromatic nitrogens is 1. The van der Waals surface area contributed by atoms with Crippen molar-refractivity contribution in [2.45, 2.75) is 22.7 Å². The van der Waals surface area contributed by atoms with E-state index >= 15 is 0 Å². The third-order valence-electron chi connectivity index (χ3n) is 4.26. The third-order valence-corrected chi connectivity index (χ3v) is 6.39. The molecule has 31 heavy (non-hydrogen) atoms. The van der Waals surface area contributed by atoms with E-state index < -0.39 is 4.92 Å². The van der Waals surface area contributed by atoms with Gasteiger partial charge in [0.05, 0.1) is 10.5 Å². The van der Waals surface area contributed by atoms with Gasteiger partial charge in [0.25, 0.3) is 11.6 Å². The Morgan fingerprint density at radius 3 is 2.68 bits per heavy atom. The van der Waals surface area contributed by atoms with Gasteiger partial charge in [0, 0.05) is 41.7 Å². The molecule has 1 heterocycles. The largest absolute Gasteiger partial charge is 0.490 e. The van der Waals surface area contributed by atoms with Crippen molar-refractivity contribution in [3.8, 4) is 5.75 Å². The van der Waals surface area contributed by atoms with E-state index in [-0.39, 0.29) is 17.2 Å². The van der Waals surface area contributed by atoms with Crippen LogP contribution in [0.5, 0.6) is 5.75 Å². The summed E-state index contributed by atoms with van der Waals surface area (Å²) in [5.74, 6) is 0.417. The predicted molar refractivity (Wildman–Crippen MR) is 122 cm³/mol. The first-order valence-electron chi connectivity index (χ1n) is 9.34. The molecule has 0 saturated heterocycles. The molecular weight excluding hydrogens is 434 g/mol. The molecule has 9 heteroatoms. The lowest BCUT2D eigenvalue weighted by Crippen LogP contribution is -2.26. The van der Waals surface area contributed by atoms with Crippen LogP contribution in [0.15, 0.2) is 69.7 Å². The normalized spacial score (nSPS) is 10.5. The zero-order valence-electron chi connectivity index (χ0n) is 17.1. The maximum absolute atomic E-state index is 13.2. The summed E-state index contributed by atoms with van der Waals surface area (Å²) in [6.07, 6.45) is 1.67. The minimum absolute atomic E-state index is 0.125. The van der Waals surface area contributed by atoms with Crippen LogP contribution >= 0.6 is 23.1 Å². The van der Waals surface area contributed by atoms with E-state index in [9.17, 15) is 14.9 Å². The first-order chi connectivity index (χ1) is 14.9. The van der Waals surface area contributed by atoms with Gasteiger partial charge < -0.3 is 9.64 Å². The van der Waals surface area contributed by atoms with Crippen LogP contribution in [0.1, 0.15) is 21.6 Å². The maximum Gasteiger partial charge on any atom is 0.270 e. The van der Waals surface area contributed by atoms with Crippen molar-refractivity contribution in [2.24, 2.45) is 0 Å². The van der Waals surface area contributed by atoms with Crippen LogP contribution < -0.4 is 4.74 Å².